The van der Waals surface area contributed by atoms with E-state index in [1.54, 1.807) is 18.1 Å². The van der Waals surface area contributed by atoms with Crippen LogP contribution < -0.4 is 9.64 Å². The summed E-state index contributed by atoms with van der Waals surface area (Å²) in [4.78, 5) is 24.1. The number of hydrogen-bond acceptors (Lipinski definition) is 6. The molecule has 2 aromatic heterocycles. The molecule has 1 aliphatic heterocycles. The number of hydrogen-bond donors (Lipinski definition) is 1. The van der Waals surface area contributed by atoms with Gasteiger partial charge in [-0.3, -0.25) is 9.69 Å². The van der Waals surface area contributed by atoms with Crippen LogP contribution in [0.25, 0.3) is 11.0 Å². The van der Waals surface area contributed by atoms with Crippen molar-refractivity contribution in [2.24, 2.45) is 11.1 Å². The summed E-state index contributed by atoms with van der Waals surface area (Å²) in [6.07, 6.45) is 2.04. The number of oxime groups is 1. The molecule has 0 bridgehead atoms. The zero-order valence-corrected chi connectivity index (χ0v) is 17.9. The summed E-state index contributed by atoms with van der Waals surface area (Å²) in [7, 11) is 1.56. The van der Waals surface area contributed by atoms with Gasteiger partial charge in [-0.2, -0.15) is 4.98 Å². The molecule has 4 rings (SSSR count). The van der Waals surface area contributed by atoms with Crippen LogP contribution in [-0.2, 0) is 0 Å². The number of aromatic nitrogens is 2. The van der Waals surface area contributed by atoms with E-state index in [1.807, 2.05) is 42.5 Å². The van der Waals surface area contributed by atoms with Gasteiger partial charge in [0.15, 0.2) is 5.65 Å². The Hall–Kier alpha value is -3.48. The monoisotopic (exact) mass is 418 g/mol. The first kappa shape index (κ1) is 20.8. The Morgan fingerprint density at radius 1 is 1.16 bits per heavy atom. The Morgan fingerprint density at radius 3 is 2.68 bits per heavy atom. The maximum absolute atomic E-state index is 13.3. The number of anilines is 1. The molecule has 0 saturated carbocycles. The third kappa shape index (κ3) is 4.08. The maximum atomic E-state index is 13.3. The van der Waals surface area contributed by atoms with E-state index >= 15 is 0 Å². The molecule has 160 valence electrons. The summed E-state index contributed by atoms with van der Waals surface area (Å²) >= 11 is 0. The minimum Gasteiger partial charge on any atom is -0.481 e. The SMILES string of the molecule is COc1ccc2ccc(N3C(=O)c4ccccc4C3C/C(CCC(C)C)=N/O)nc2n1. The molecule has 7 heteroatoms. The molecule has 1 aromatic carbocycles. The molecule has 1 amide bonds. The van der Waals surface area contributed by atoms with Crippen LogP contribution in [0.3, 0.4) is 0 Å². The third-order valence-corrected chi connectivity index (χ3v) is 5.63. The predicted molar refractivity (Wildman–Crippen MR) is 120 cm³/mol. The first-order chi connectivity index (χ1) is 15.0. The van der Waals surface area contributed by atoms with Gasteiger partial charge >= 0.3 is 0 Å². The summed E-state index contributed by atoms with van der Waals surface area (Å²) < 4.78 is 5.22. The zero-order chi connectivity index (χ0) is 22.0. The van der Waals surface area contributed by atoms with Gasteiger partial charge in [0.1, 0.15) is 5.82 Å². The Kier molecular flexibility index (Phi) is 5.84. The lowest BCUT2D eigenvalue weighted by Gasteiger charge is -2.25. The van der Waals surface area contributed by atoms with Gasteiger partial charge in [0.2, 0.25) is 5.88 Å². The van der Waals surface area contributed by atoms with Crippen molar-refractivity contribution in [1.29, 1.82) is 0 Å². The number of benzene rings is 1. The fraction of sp³-hybridized carbons (Fsp3) is 0.333. The fourth-order valence-electron chi connectivity index (χ4n) is 3.95. The molecule has 3 aromatic rings. The average Bonchev–Trinajstić information content (AvgIpc) is 3.07. The molecule has 0 fully saturated rings. The molecule has 0 saturated heterocycles. The highest BCUT2D eigenvalue weighted by atomic mass is 16.5. The number of methoxy groups -OCH3 is 1. The minimum atomic E-state index is -0.294. The maximum Gasteiger partial charge on any atom is 0.260 e. The van der Waals surface area contributed by atoms with Crippen molar-refractivity contribution in [1.82, 2.24) is 9.97 Å². The van der Waals surface area contributed by atoms with Gasteiger partial charge < -0.3 is 9.94 Å². The minimum absolute atomic E-state index is 0.114. The Labute approximate surface area is 181 Å². The first-order valence-electron chi connectivity index (χ1n) is 10.5. The number of fused-ring (bicyclic) bond motifs is 2. The molecule has 31 heavy (non-hydrogen) atoms. The number of amides is 1. The Morgan fingerprint density at radius 2 is 1.94 bits per heavy atom. The van der Waals surface area contributed by atoms with Crippen molar-refractivity contribution >= 4 is 28.5 Å². The Bertz CT molecular complexity index is 1140. The van der Waals surface area contributed by atoms with Gasteiger partial charge in [-0.05, 0) is 48.6 Å². The molecular formula is C24H26N4O3. The standard InChI is InChI=1S/C24H26N4O3/c1-15(2)8-11-17(27-30)14-20-18-6-4-5-7-19(18)24(29)28(20)21-12-9-16-10-13-22(31-3)26-23(16)25-21/h4-7,9-10,12-13,15,20,30H,8,11,14H2,1-3H3/b27-17+. The molecule has 0 radical (unpaired) electrons. The fourth-order valence-corrected chi connectivity index (χ4v) is 3.95. The smallest absolute Gasteiger partial charge is 0.260 e. The molecule has 0 aliphatic carbocycles. The summed E-state index contributed by atoms with van der Waals surface area (Å²) in [6.45, 7) is 4.27. The second-order valence-corrected chi connectivity index (χ2v) is 8.15. The topological polar surface area (TPSA) is 87.9 Å². The second kappa shape index (κ2) is 8.71. The zero-order valence-electron chi connectivity index (χ0n) is 17.9. The molecule has 1 N–H and O–H groups in total. The summed E-state index contributed by atoms with van der Waals surface area (Å²) in [6, 6.07) is 14.7. The highest BCUT2D eigenvalue weighted by molar-refractivity contribution is 6.11. The summed E-state index contributed by atoms with van der Waals surface area (Å²) in [5.41, 5.74) is 2.75. The number of carbonyl (C=O) groups is 1. The quantitative estimate of drug-likeness (QED) is 0.331. The van der Waals surface area contributed by atoms with E-state index in [2.05, 4.69) is 29.0 Å². The van der Waals surface area contributed by atoms with Crippen molar-refractivity contribution in [3.63, 3.8) is 0 Å². The largest absolute Gasteiger partial charge is 0.481 e. The van der Waals surface area contributed by atoms with Crippen LogP contribution in [0.4, 0.5) is 5.82 Å². The van der Waals surface area contributed by atoms with E-state index in [-0.39, 0.29) is 11.9 Å². The van der Waals surface area contributed by atoms with Gasteiger partial charge in [-0.25, -0.2) is 4.98 Å². The lowest BCUT2D eigenvalue weighted by molar-refractivity contribution is 0.0990. The highest BCUT2D eigenvalue weighted by Gasteiger charge is 2.39. The van der Waals surface area contributed by atoms with E-state index in [0.29, 0.717) is 47.4 Å². The van der Waals surface area contributed by atoms with Gasteiger partial charge in [0.05, 0.1) is 18.9 Å². The lowest BCUT2D eigenvalue weighted by atomic mass is 9.96. The van der Waals surface area contributed by atoms with Crippen LogP contribution in [0, 0.1) is 5.92 Å². The second-order valence-electron chi connectivity index (χ2n) is 8.15. The van der Waals surface area contributed by atoms with E-state index in [1.165, 1.54) is 0 Å². The normalized spacial score (nSPS) is 16.3. The highest BCUT2D eigenvalue weighted by Crippen LogP contribution is 2.39. The molecule has 3 heterocycles. The van der Waals surface area contributed by atoms with Crippen molar-refractivity contribution < 1.29 is 14.7 Å². The van der Waals surface area contributed by atoms with Gasteiger partial charge in [0, 0.05) is 23.4 Å². The van der Waals surface area contributed by atoms with Crippen molar-refractivity contribution in [3.05, 3.63) is 59.7 Å². The van der Waals surface area contributed by atoms with E-state index in [4.69, 9.17) is 4.74 Å². The van der Waals surface area contributed by atoms with Crippen LogP contribution in [0.1, 0.15) is 55.1 Å². The summed E-state index contributed by atoms with van der Waals surface area (Å²) in [5, 5.41) is 14.0. The van der Waals surface area contributed by atoms with E-state index < -0.39 is 0 Å². The van der Waals surface area contributed by atoms with Crippen molar-refractivity contribution in [3.8, 4) is 5.88 Å². The van der Waals surface area contributed by atoms with Gasteiger partial charge in [0.25, 0.3) is 5.91 Å². The number of carbonyl (C=O) groups excluding carboxylic acids is 1. The number of pyridine rings is 2. The Balaban J connectivity index is 1.74. The van der Waals surface area contributed by atoms with Crippen molar-refractivity contribution in [2.45, 2.75) is 39.2 Å². The average molecular weight is 418 g/mol. The van der Waals surface area contributed by atoms with E-state index in [0.717, 1.165) is 17.4 Å². The van der Waals surface area contributed by atoms with Gasteiger partial charge in [-0.15, -0.1) is 0 Å². The number of nitrogens with zero attached hydrogens (tertiary/aromatic N) is 4. The number of ether oxygens (including phenoxy) is 1. The van der Waals surface area contributed by atoms with Crippen LogP contribution in [0.5, 0.6) is 5.88 Å². The predicted octanol–water partition coefficient (Wildman–Crippen LogP) is 5.00. The molecule has 7 nitrogen and oxygen atoms in total. The van der Waals surface area contributed by atoms with Crippen LogP contribution in [0.2, 0.25) is 0 Å². The van der Waals surface area contributed by atoms with Crippen LogP contribution in [-0.4, -0.2) is 33.9 Å². The first-order valence-corrected chi connectivity index (χ1v) is 10.5. The molecular weight excluding hydrogens is 392 g/mol. The van der Waals surface area contributed by atoms with Crippen LogP contribution >= 0.6 is 0 Å². The molecule has 1 aliphatic rings. The third-order valence-electron chi connectivity index (χ3n) is 5.63. The van der Waals surface area contributed by atoms with Crippen LogP contribution in [0.15, 0.2) is 53.7 Å². The molecule has 0 spiro atoms. The van der Waals surface area contributed by atoms with E-state index in [9.17, 15) is 10.0 Å². The van der Waals surface area contributed by atoms with Crippen molar-refractivity contribution in [2.75, 3.05) is 12.0 Å². The van der Waals surface area contributed by atoms with Gasteiger partial charge in [-0.1, -0.05) is 37.2 Å². The summed E-state index contributed by atoms with van der Waals surface area (Å²) in [5.74, 6) is 1.36. The molecule has 1 atom stereocenters. The lowest BCUT2D eigenvalue weighted by Crippen LogP contribution is -2.30. The molecule has 1 unspecified atom stereocenters. The number of rotatable bonds is 7.